The van der Waals surface area contributed by atoms with Crippen molar-refractivity contribution in [2.24, 2.45) is 0 Å². The summed E-state index contributed by atoms with van der Waals surface area (Å²) in [6.45, 7) is 1.02. The van der Waals surface area contributed by atoms with E-state index in [1.54, 1.807) is 0 Å². The molecule has 5 nitrogen and oxygen atoms in total. The topological polar surface area (TPSA) is 78.4 Å². The number of hydrogen-bond donors (Lipinski definition) is 3. The Kier molecular flexibility index (Phi) is 5.79. The molecule has 1 atom stereocenters. The summed E-state index contributed by atoms with van der Waals surface area (Å²) in [6, 6.07) is 2.23. The lowest BCUT2D eigenvalue weighted by atomic mass is 9.90. The smallest absolute Gasteiger partial charge is 0.252 e. The molecule has 1 saturated heterocycles. The summed E-state index contributed by atoms with van der Waals surface area (Å²) in [5.41, 5.74) is -1.27. The van der Waals surface area contributed by atoms with E-state index >= 15 is 0 Å². The molecule has 3 N–H and O–H groups in total. The molecule has 1 aliphatic rings. The third-order valence-corrected chi connectivity index (χ3v) is 4.02. The van der Waals surface area contributed by atoms with Crippen LogP contribution in [0.5, 0.6) is 0 Å². The summed E-state index contributed by atoms with van der Waals surface area (Å²) in [5.74, 6) is -2.10. The second-order valence-corrected chi connectivity index (χ2v) is 5.75. The van der Waals surface area contributed by atoms with Gasteiger partial charge in [0.1, 0.15) is 23.5 Å². The molecule has 0 radical (unpaired) electrons. The minimum atomic E-state index is -1.50. The minimum absolute atomic E-state index is 0.128. The van der Waals surface area contributed by atoms with Gasteiger partial charge in [-0.25, -0.2) is 8.78 Å². The zero-order valence-electron chi connectivity index (χ0n) is 12.6. The second kappa shape index (κ2) is 7.61. The van der Waals surface area contributed by atoms with E-state index in [9.17, 15) is 23.5 Å². The largest absolute Gasteiger partial charge is 0.380 e. The summed E-state index contributed by atoms with van der Waals surface area (Å²) >= 11 is 0. The maximum absolute atomic E-state index is 13.4. The van der Waals surface area contributed by atoms with E-state index in [2.05, 4.69) is 10.6 Å². The molecule has 1 amide bonds. The van der Waals surface area contributed by atoms with Gasteiger partial charge in [-0.2, -0.15) is 0 Å². The molecule has 1 aliphatic heterocycles. The first kappa shape index (κ1) is 17.5. The van der Waals surface area contributed by atoms with Gasteiger partial charge in [-0.15, -0.1) is 0 Å². The summed E-state index contributed by atoms with van der Waals surface area (Å²) in [5, 5.41) is 16.1. The fourth-order valence-corrected chi connectivity index (χ4v) is 2.69. The Morgan fingerprint density at radius 1 is 1.30 bits per heavy atom. The van der Waals surface area contributed by atoms with Gasteiger partial charge in [-0.1, -0.05) is 0 Å². The minimum Gasteiger partial charge on any atom is -0.380 e. The molecule has 2 rings (SSSR count). The number of aliphatic hydroxyl groups is 1. The Labute approximate surface area is 133 Å². The Morgan fingerprint density at radius 2 is 1.91 bits per heavy atom. The molecule has 1 aromatic carbocycles. The van der Waals surface area contributed by atoms with Gasteiger partial charge in [0.2, 0.25) is 0 Å². The molecule has 0 saturated carbocycles. The van der Waals surface area contributed by atoms with Crippen LogP contribution in [0, 0.1) is 11.6 Å². The fraction of sp³-hybridized carbons (Fsp3) is 0.500. The Bertz CT molecular complexity index is 554. The van der Waals surface area contributed by atoms with Gasteiger partial charge in [-0.3, -0.25) is 4.79 Å². The molecule has 0 spiro atoms. The molecule has 126 valence electrons. The van der Waals surface area contributed by atoms with Crippen LogP contribution in [0.3, 0.4) is 0 Å². The maximum Gasteiger partial charge on any atom is 0.252 e. The number of aldehydes is 1. The third kappa shape index (κ3) is 4.56. The highest BCUT2D eigenvalue weighted by molar-refractivity contribution is 5.85. The van der Waals surface area contributed by atoms with Crippen molar-refractivity contribution in [3.8, 4) is 0 Å². The summed E-state index contributed by atoms with van der Waals surface area (Å²) in [4.78, 5) is 23.0. The van der Waals surface area contributed by atoms with Crippen molar-refractivity contribution in [3.63, 3.8) is 0 Å². The van der Waals surface area contributed by atoms with E-state index < -0.39 is 29.2 Å². The quantitative estimate of drug-likeness (QED) is 0.687. The predicted octanol–water partition coefficient (Wildman–Crippen LogP) is 1.22. The van der Waals surface area contributed by atoms with Crippen molar-refractivity contribution in [1.82, 2.24) is 10.6 Å². The average molecular weight is 326 g/mol. The maximum atomic E-state index is 13.4. The van der Waals surface area contributed by atoms with Gasteiger partial charge < -0.3 is 20.5 Å². The number of halogens is 2. The molecule has 23 heavy (non-hydrogen) atoms. The van der Waals surface area contributed by atoms with Crippen molar-refractivity contribution in [3.05, 3.63) is 35.4 Å². The molecule has 0 unspecified atom stereocenters. The van der Waals surface area contributed by atoms with Crippen LogP contribution in [-0.2, 0) is 9.59 Å². The normalized spacial score (nSPS) is 18.2. The van der Waals surface area contributed by atoms with Crippen LogP contribution in [0.15, 0.2) is 18.2 Å². The average Bonchev–Trinajstić information content (AvgIpc) is 2.51. The highest BCUT2D eigenvalue weighted by Gasteiger charge is 2.38. The van der Waals surface area contributed by atoms with Crippen molar-refractivity contribution < 1.29 is 23.5 Å². The lowest BCUT2D eigenvalue weighted by Crippen LogP contribution is -2.53. The number of hydrogen-bond acceptors (Lipinski definition) is 4. The first-order chi connectivity index (χ1) is 10.9. The summed E-state index contributed by atoms with van der Waals surface area (Å²) < 4.78 is 26.8. The van der Waals surface area contributed by atoms with Gasteiger partial charge in [0.25, 0.3) is 5.91 Å². The first-order valence-corrected chi connectivity index (χ1v) is 7.58. The van der Waals surface area contributed by atoms with Crippen LogP contribution in [-0.4, -0.2) is 36.0 Å². The van der Waals surface area contributed by atoms with Crippen LogP contribution in [0.2, 0.25) is 0 Å². The Morgan fingerprint density at radius 3 is 2.48 bits per heavy atom. The van der Waals surface area contributed by atoms with Crippen molar-refractivity contribution in [1.29, 1.82) is 0 Å². The van der Waals surface area contributed by atoms with Crippen LogP contribution in [0.1, 0.15) is 37.3 Å². The zero-order chi connectivity index (χ0) is 16.9. The number of piperidine rings is 1. The SMILES string of the molecule is O=CCC[C@H](NC(=O)C1(O)CCNCC1)c1cc(F)cc(F)c1. The van der Waals surface area contributed by atoms with Crippen LogP contribution < -0.4 is 10.6 Å². The van der Waals surface area contributed by atoms with Crippen molar-refractivity contribution >= 4 is 12.2 Å². The van der Waals surface area contributed by atoms with Gasteiger partial charge in [0.05, 0.1) is 6.04 Å². The zero-order valence-corrected chi connectivity index (χ0v) is 12.6. The van der Waals surface area contributed by atoms with E-state index in [0.29, 0.717) is 19.4 Å². The highest BCUT2D eigenvalue weighted by atomic mass is 19.1. The van der Waals surface area contributed by atoms with Gasteiger partial charge >= 0.3 is 0 Å². The number of carbonyl (C=O) groups excluding carboxylic acids is 2. The molecular weight excluding hydrogens is 306 g/mol. The summed E-state index contributed by atoms with van der Waals surface area (Å²) in [6.07, 6.45) is 1.52. The van der Waals surface area contributed by atoms with Crippen LogP contribution in [0.25, 0.3) is 0 Å². The molecule has 1 fully saturated rings. The van der Waals surface area contributed by atoms with Crippen LogP contribution >= 0.6 is 0 Å². The predicted molar refractivity (Wildman–Crippen MR) is 79.6 cm³/mol. The molecule has 0 aromatic heterocycles. The van der Waals surface area contributed by atoms with E-state index in [4.69, 9.17) is 0 Å². The van der Waals surface area contributed by atoms with E-state index in [1.165, 1.54) is 0 Å². The van der Waals surface area contributed by atoms with Gasteiger partial charge in [0.15, 0.2) is 0 Å². The van der Waals surface area contributed by atoms with E-state index in [0.717, 1.165) is 18.2 Å². The Balaban J connectivity index is 2.17. The number of amides is 1. The van der Waals surface area contributed by atoms with Gasteiger partial charge in [-0.05, 0) is 50.0 Å². The third-order valence-electron chi connectivity index (χ3n) is 4.02. The standard InChI is InChI=1S/C16H20F2N2O3/c17-12-8-11(9-13(18)10-12)14(2-1-7-21)20-15(22)16(23)3-5-19-6-4-16/h7-10,14,19,23H,1-6H2,(H,20,22)/t14-/m0/s1. The number of carbonyl (C=O) groups is 2. The molecule has 1 heterocycles. The number of nitrogens with one attached hydrogen (secondary N) is 2. The number of rotatable bonds is 6. The highest BCUT2D eigenvalue weighted by Crippen LogP contribution is 2.24. The van der Waals surface area contributed by atoms with E-state index in [-0.39, 0.29) is 31.2 Å². The lowest BCUT2D eigenvalue weighted by Gasteiger charge is -2.33. The molecular formula is C16H20F2N2O3. The molecule has 1 aromatic rings. The fourth-order valence-electron chi connectivity index (χ4n) is 2.69. The molecule has 0 bridgehead atoms. The lowest BCUT2D eigenvalue weighted by molar-refractivity contribution is -0.143. The monoisotopic (exact) mass is 326 g/mol. The summed E-state index contributed by atoms with van der Waals surface area (Å²) in [7, 11) is 0. The number of benzene rings is 1. The van der Waals surface area contributed by atoms with Crippen LogP contribution in [0.4, 0.5) is 8.78 Å². The van der Waals surface area contributed by atoms with Crippen molar-refractivity contribution in [2.75, 3.05) is 13.1 Å². The molecule has 0 aliphatic carbocycles. The molecule has 7 heteroatoms. The first-order valence-electron chi connectivity index (χ1n) is 7.58. The Hall–Kier alpha value is -1.86. The van der Waals surface area contributed by atoms with Gasteiger partial charge in [0, 0.05) is 12.5 Å². The van der Waals surface area contributed by atoms with Crippen molar-refractivity contribution in [2.45, 2.75) is 37.3 Å². The second-order valence-electron chi connectivity index (χ2n) is 5.75. The van der Waals surface area contributed by atoms with E-state index in [1.807, 2.05) is 0 Å².